The Morgan fingerprint density at radius 2 is 2.28 bits per heavy atom. The van der Waals surface area contributed by atoms with E-state index >= 15 is 0 Å². The average molecular weight is 381 g/mol. The van der Waals surface area contributed by atoms with Crippen LogP contribution in [0, 0.1) is 0 Å². The second kappa shape index (κ2) is 10.6. The first-order valence-electron chi connectivity index (χ1n) is 6.22. The van der Waals surface area contributed by atoms with Gasteiger partial charge in [-0.15, -0.1) is 35.3 Å². The van der Waals surface area contributed by atoms with Gasteiger partial charge >= 0.3 is 0 Å². The van der Waals surface area contributed by atoms with E-state index in [4.69, 9.17) is 0 Å². The normalized spacial score (nSPS) is 10.9. The molecule has 1 N–H and O–H groups in total. The number of rotatable bonds is 6. The molecule has 5 heteroatoms. The molecule has 0 aliphatic rings. The number of hydrogen-bond acceptors (Lipinski definition) is 2. The highest BCUT2D eigenvalue weighted by Gasteiger charge is 2.04. The molecule has 1 heterocycles. The molecule has 0 unspecified atom stereocenters. The van der Waals surface area contributed by atoms with Crippen LogP contribution in [0.2, 0.25) is 0 Å². The van der Waals surface area contributed by atoms with Crippen LogP contribution in [0.25, 0.3) is 0 Å². The van der Waals surface area contributed by atoms with Crippen LogP contribution < -0.4 is 5.32 Å². The first-order valence-corrected chi connectivity index (χ1v) is 7.10. The summed E-state index contributed by atoms with van der Waals surface area (Å²) in [6.07, 6.45) is 3.50. The van der Waals surface area contributed by atoms with Crippen LogP contribution >= 0.6 is 35.3 Å². The molecule has 3 nitrogen and oxygen atoms in total. The number of unbranched alkanes of at least 4 members (excludes halogenated alkanes) is 1. The molecule has 0 bridgehead atoms. The molecule has 18 heavy (non-hydrogen) atoms. The summed E-state index contributed by atoms with van der Waals surface area (Å²) in [6, 6.07) is 4.28. The highest BCUT2D eigenvalue weighted by molar-refractivity contribution is 14.0. The molecule has 1 aromatic rings. The van der Waals surface area contributed by atoms with Gasteiger partial charge in [0.1, 0.15) is 0 Å². The summed E-state index contributed by atoms with van der Waals surface area (Å²) in [7, 11) is 3.94. The molecular weight excluding hydrogens is 357 g/mol. The van der Waals surface area contributed by atoms with Gasteiger partial charge in [-0.25, -0.2) is 0 Å². The number of nitrogens with one attached hydrogen (secondary N) is 1. The summed E-state index contributed by atoms with van der Waals surface area (Å²) >= 11 is 1.81. The third kappa shape index (κ3) is 6.58. The average Bonchev–Trinajstić information content (AvgIpc) is 2.84. The Morgan fingerprint density at radius 3 is 2.83 bits per heavy atom. The summed E-state index contributed by atoms with van der Waals surface area (Å²) < 4.78 is 0. The SMILES string of the molecule is CCCCN(C)C(=NC)NCCc1cccs1.I. The maximum Gasteiger partial charge on any atom is 0.193 e. The van der Waals surface area contributed by atoms with Crippen molar-refractivity contribution in [2.75, 3.05) is 27.2 Å². The van der Waals surface area contributed by atoms with Crippen molar-refractivity contribution in [2.24, 2.45) is 4.99 Å². The Bertz CT molecular complexity index is 325. The minimum Gasteiger partial charge on any atom is -0.356 e. The van der Waals surface area contributed by atoms with Crippen LogP contribution in [0.1, 0.15) is 24.6 Å². The quantitative estimate of drug-likeness (QED) is 0.466. The Hall–Kier alpha value is -0.300. The van der Waals surface area contributed by atoms with Gasteiger partial charge in [0.05, 0.1) is 0 Å². The minimum atomic E-state index is 0. The van der Waals surface area contributed by atoms with Crippen molar-refractivity contribution in [3.05, 3.63) is 22.4 Å². The zero-order valence-corrected chi connectivity index (χ0v) is 14.6. The summed E-state index contributed by atoms with van der Waals surface area (Å²) in [5, 5.41) is 5.52. The fourth-order valence-electron chi connectivity index (χ4n) is 1.64. The van der Waals surface area contributed by atoms with E-state index in [2.05, 4.69) is 46.7 Å². The monoisotopic (exact) mass is 381 g/mol. The summed E-state index contributed by atoms with van der Waals surface area (Å²) in [4.78, 5) is 7.91. The summed E-state index contributed by atoms with van der Waals surface area (Å²) in [5.74, 6) is 0.995. The van der Waals surface area contributed by atoms with Gasteiger partial charge in [-0.05, 0) is 24.3 Å². The Balaban J connectivity index is 0.00000289. The van der Waals surface area contributed by atoms with Crippen LogP contribution in [0.4, 0.5) is 0 Å². The van der Waals surface area contributed by atoms with Gasteiger partial charge in [0.25, 0.3) is 0 Å². The number of thiophene rings is 1. The molecule has 104 valence electrons. The van der Waals surface area contributed by atoms with Gasteiger partial charge in [-0.3, -0.25) is 4.99 Å². The standard InChI is InChI=1S/C13H23N3S.HI/c1-4-5-10-16(3)13(14-2)15-9-8-12-7-6-11-17-12;/h6-7,11H,4-5,8-10H2,1-3H3,(H,14,15);1H. The van der Waals surface area contributed by atoms with Crippen molar-refractivity contribution >= 4 is 41.3 Å². The van der Waals surface area contributed by atoms with Gasteiger partial charge in [0, 0.05) is 32.1 Å². The third-order valence-electron chi connectivity index (χ3n) is 2.66. The molecule has 0 atom stereocenters. The lowest BCUT2D eigenvalue weighted by molar-refractivity contribution is 0.465. The van der Waals surface area contributed by atoms with E-state index in [9.17, 15) is 0 Å². The van der Waals surface area contributed by atoms with Crippen molar-refractivity contribution in [3.8, 4) is 0 Å². The van der Waals surface area contributed by atoms with E-state index in [-0.39, 0.29) is 24.0 Å². The first-order chi connectivity index (χ1) is 8.27. The molecule has 0 aromatic carbocycles. The molecule has 0 saturated heterocycles. The highest BCUT2D eigenvalue weighted by Crippen LogP contribution is 2.08. The second-order valence-electron chi connectivity index (χ2n) is 4.08. The molecule has 0 radical (unpaired) electrons. The number of nitrogens with zero attached hydrogens (tertiary/aromatic N) is 2. The number of halogens is 1. The molecule has 0 saturated carbocycles. The maximum atomic E-state index is 4.29. The molecule has 0 aliphatic carbocycles. The lowest BCUT2D eigenvalue weighted by Crippen LogP contribution is -2.40. The number of guanidine groups is 1. The van der Waals surface area contributed by atoms with Gasteiger partial charge in [-0.1, -0.05) is 19.4 Å². The summed E-state index contributed by atoms with van der Waals surface area (Å²) in [5.41, 5.74) is 0. The van der Waals surface area contributed by atoms with Crippen molar-refractivity contribution < 1.29 is 0 Å². The van der Waals surface area contributed by atoms with E-state index in [1.807, 2.05) is 18.4 Å². The van der Waals surface area contributed by atoms with E-state index in [1.54, 1.807) is 0 Å². The smallest absolute Gasteiger partial charge is 0.193 e. The van der Waals surface area contributed by atoms with Crippen molar-refractivity contribution in [3.63, 3.8) is 0 Å². The zero-order chi connectivity index (χ0) is 12.5. The molecule has 0 fully saturated rings. The zero-order valence-electron chi connectivity index (χ0n) is 11.5. The number of hydrogen-bond donors (Lipinski definition) is 1. The predicted molar refractivity (Wildman–Crippen MR) is 92.3 cm³/mol. The lowest BCUT2D eigenvalue weighted by atomic mass is 10.3. The van der Waals surface area contributed by atoms with Gasteiger partial charge in [-0.2, -0.15) is 0 Å². The van der Waals surface area contributed by atoms with Gasteiger partial charge in [0.2, 0.25) is 0 Å². The van der Waals surface area contributed by atoms with Crippen LogP contribution in [0.3, 0.4) is 0 Å². The Morgan fingerprint density at radius 1 is 1.50 bits per heavy atom. The van der Waals surface area contributed by atoms with Crippen molar-refractivity contribution in [1.29, 1.82) is 0 Å². The maximum absolute atomic E-state index is 4.29. The van der Waals surface area contributed by atoms with E-state index < -0.39 is 0 Å². The fraction of sp³-hybridized carbons (Fsp3) is 0.615. The van der Waals surface area contributed by atoms with E-state index in [1.165, 1.54) is 17.7 Å². The Labute approximate surface area is 132 Å². The minimum absolute atomic E-state index is 0. The molecule has 0 spiro atoms. The van der Waals surface area contributed by atoms with Crippen molar-refractivity contribution in [1.82, 2.24) is 10.2 Å². The molecule has 0 aliphatic heterocycles. The highest BCUT2D eigenvalue weighted by atomic mass is 127. The number of aliphatic imine (C=N–C) groups is 1. The fourth-order valence-corrected chi connectivity index (χ4v) is 2.35. The molecule has 1 rings (SSSR count). The van der Waals surface area contributed by atoms with Gasteiger partial charge < -0.3 is 10.2 Å². The van der Waals surface area contributed by atoms with Crippen molar-refractivity contribution in [2.45, 2.75) is 26.2 Å². The largest absolute Gasteiger partial charge is 0.356 e. The van der Waals surface area contributed by atoms with Crippen LogP contribution in [-0.4, -0.2) is 38.0 Å². The lowest BCUT2D eigenvalue weighted by Gasteiger charge is -2.21. The van der Waals surface area contributed by atoms with E-state index in [0.29, 0.717) is 0 Å². The van der Waals surface area contributed by atoms with Crippen LogP contribution in [0.5, 0.6) is 0 Å². The van der Waals surface area contributed by atoms with E-state index in [0.717, 1.165) is 25.5 Å². The van der Waals surface area contributed by atoms with Gasteiger partial charge in [0.15, 0.2) is 5.96 Å². The molecular formula is C13H24IN3S. The third-order valence-corrected chi connectivity index (χ3v) is 3.59. The van der Waals surface area contributed by atoms with Crippen LogP contribution in [-0.2, 0) is 6.42 Å². The summed E-state index contributed by atoms with van der Waals surface area (Å²) in [6.45, 7) is 4.22. The van der Waals surface area contributed by atoms with Crippen LogP contribution in [0.15, 0.2) is 22.5 Å². The topological polar surface area (TPSA) is 27.6 Å². The first kappa shape index (κ1) is 17.7. The molecule has 0 amide bonds. The predicted octanol–water partition coefficient (Wildman–Crippen LogP) is 3.22. The Kier molecular flexibility index (Phi) is 10.4. The second-order valence-corrected chi connectivity index (χ2v) is 5.11. The molecule has 1 aromatic heterocycles.